The average molecular weight is 268 g/mol. The summed E-state index contributed by atoms with van der Waals surface area (Å²) in [5.74, 6) is 0. The zero-order valence-electron chi connectivity index (χ0n) is 10.7. The first-order valence-electron chi connectivity index (χ1n) is 6.60. The summed E-state index contributed by atoms with van der Waals surface area (Å²) in [6.45, 7) is 0. The standard InChI is InChI=1S/C18H16Si.Li.H/c1-4-10-16(11-5-1)19(17-12-6-2-7-13-17)18-14-8-3-9-15-18;;/h1-15,19H;;. The predicted molar refractivity (Wildman–Crippen MR) is 92.5 cm³/mol. The van der Waals surface area contributed by atoms with E-state index >= 15 is 0 Å². The molecule has 0 aliphatic carbocycles. The molecule has 3 aromatic rings. The van der Waals surface area contributed by atoms with Crippen molar-refractivity contribution in [3.05, 3.63) is 91.0 Å². The Morgan fingerprint density at radius 3 is 0.900 bits per heavy atom. The molecule has 3 aromatic carbocycles. The normalized spacial score (nSPS) is 10.1. The molecule has 0 fully saturated rings. The van der Waals surface area contributed by atoms with E-state index < -0.39 is 8.80 Å². The minimum Gasteiger partial charge on any atom is -0.0625 e. The minimum atomic E-state index is -1.31. The van der Waals surface area contributed by atoms with Gasteiger partial charge in [0.15, 0.2) is 0 Å². The van der Waals surface area contributed by atoms with Crippen molar-refractivity contribution in [3.63, 3.8) is 0 Å². The van der Waals surface area contributed by atoms with Gasteiger partial charge in [0.1, 0.15) is 8.80 Å². The van der Waals surface area contributed by atoms with E-state index in [2.05, 4.69) is 91.0 Å². The third kappa shape index (κ3) is 3.32. The van der Waals surface area contributed by atoms with Gasteiger partial charge in [-0.3, -0.25) is 0 Å². The van der Waals surface area contributed by atoms with E-state index in [9.17, 15) is 0 Å². The van der Waals surface area contributed by atoms with Crippen LogP contribution in [-0.2, 0) is 0 Å². The summed E-state index contributed by atoms with van der Waals surface area (Å²) in [6.07, 6.45) is 0. The summed E-state index contributed by atoms with van der Waals surface area (Å²) >= 11 is 0. The summed E-state index contributed by atoms with van der Waals surface area (Å²) in [5.41, 5.74) is 0. The summed E-state index contributed by atoms with van der Waals surface area (Å²) in [5, 5.41) is 4.42. The van der Waals surface area contributed by atoms with Crippen LogP contribution in [0.3, 0.4) is 0 Å². The Balaban J connectivity index is 0.00000147. The topological polar surface area (TPSA) is 0 Å². The molecule has 2 heteroatoms. The van der Waals surface area contributed by atoms with Gasteiger partial charge in [-0.2, -0.15) is 0 Å². The molecule has 0 atom stereocenters. The van der Waals surface area contributed by atoms with Crippen LogP contribution in [0, 0.1) is 0 Å². The molecule has 0 saturated heterocycles. The fraction of sp³-hybridized carbons (Fsp3) is 0. The van der Waals surface area contributed by atoms with Crippen molar-refractivity contribution in [2.24, 2.45) is 0 Å². The molecule has 3 rings (SSSR count). The van der Waals surface area contributed by atoms with Crippen LogP contribution in [0.2, 0.25) is 0 Å². The molecular formula is C18H17LiSi. The molecule has 0 aromatic heterocycles. The Kier molecular flexibility index (Phi) is 5.44. The third-order valence-corrected chi connectivity index (χ3v) is 6.55. The van der Waals surface area contributed by atoms with Crippen molar-refractivity contribution in [1.29, 1.82) is 0 Å². The minimum absolute atomic E-state index is 0. The SMILES string of the molecule is [LiH].c1ccc([SiH](c2ccccc2)c2ccccc2)cc1. The Labute approximate surface area is 134 Å². The first kappa shape index (κ1) is 14.9. The molecule has 0 N–H and O–H groups in total. The molecule has 94 valence electrons. The number of hydrogen-bond acceptors (Lipinski definition) is 0. The Morgan fingerprint density at radius 1 is 0.400 bits per heavy atom. The van der Waals surface area contributed by atoms with Crippen molar-refractivity contribution in [1.82, 2.24) is 0 Å². The van der Waals surface area contributed by atoms with Crippen LogP contribution in [0.5, 0.6) is 0 Å². The number of rotatable bonds is 3. The van der Waals surface area contributed by atoms with Gasteiger partial charge < -0.3 is 0 Å². The summed E-state index contributed by atoms with van der Waals surface area (Å²) < 4.78 is 0. The summed E-state index contributed by atoms with van der Waals surface area (Å²) in [6, 6.07) is 32.7. The van der Waals surface area contributed by atoms with Crippen LogP contribution in [-0.4, -0.2) is 27.7 Å². The second-order valence-electron chi connectivity index (χ2n) is 4.67. The number of hydrogen-bond donors (Lipinski definition) is 0. The van der Waals surface area contributed by atoms with Gasteiger partial charge in [0, 0.05) is 0 Å². The van der Waals surface area contributed by atoms with E-state index in [1.165, 1.54) is 15.6 Å². The monoisotopic (exact) mass is 268 g/mol. The van der Waals surface area contributed by atoms with Gasteiger partial charge in [-0.1, -0.05) is 107 Å². The van der Waals surface area contributed by atoms with E-state index in [4.69, 9.17) is 0 Å². The molecule has 20 heavy (non-hydrogen) atoms. The van der Waals surface area contributed by atoms with Crippen molar-refractivity contribution in [3.8, 4) is 0 Å². The molecule has 0 aliphatic heterocycles. The van der Waals surface area contributed by atoms with E-state index in [0.717, 1.165) is 0 Å². The van der Waals surface area contributed by atoms with E-state index in [1.54, 1.807) is 0 Å². The molecule has 0 spiro atoms. The maximum absolute atomic E-state index is 2.26. The zero-order valence-corrected chi connectivity index (χ0v) is 11.9. The second-order valence-corrected chi connectivity index (χ2v) is 7.53. The fourth-order valence-electron chi connectivity index (χ4n) is 2.51. The van der Waals surface area contributed by atoms with Crippen LogP contribution >= 0.6 is 0 Å². The van der Waals surface area contributed by atoms with Crippen LogP contribution in [0.25, 0.3) is 0 Å². The summed E-state index contributed by atoms with van der Waals surface area (Å²) in [4.78, 5) is 0. The fourth-order valence-corrected chi connectivity index (χ4v) is 5.49. The Hall–Kier alpha value is -1.53. The van der Waals surface area contributed by atoms with Gasteiger partial charge in [0.25, 0.3) is 0 Å². The largest absolute Gasteiger partial charge is 0.132 e. The second kappa shape index (κ2) is 7.31. The average Bonchev–Trinajstić information content (AvgIpc) is 2.51. The Bertz CT molecular complexity index is 529. The third-order valence-electron chi connectivity index (χ3n) is 3.40. The smallest absolute Gasteiger partial charge is 0.0625 e. The molecule has 0 unspecified atom stereocenters. The molecule has 0 heterocycles. The van der Waals surface area contributed by atoms with Crippen molar-refractivity contribution in [2.75, 3.05) is 0 Å². The molecular weight excluding hydrogens is 251 g/mol. The zero-order chi connectivity index (χ0) is 12.9. The van der Waals surface area contributed by atoms with Crippen LogP contribution < -0.4 is 15.6 Å². The first-order chi connectivity index (χ1) is 9.45. The van der Waals surface area contributed by atoms with Gasteiger partial charge >= 0.3 is 18.9 Å². The Morgan fingerprint density at radius 2 is 0.650 bits per heavy atom. The van der Waals surface area contributed by atoms with Crippen LogP contribution in [0.15, 0.2) is 91.0 Å². The van der Waals surface area contributed by atoms with Crippen molar-refractivity contribution in [2.45, 2.75) is 0 Å². The van der Waals surface area contributed by atoms with E-state index in [-0.39, 0.29) is 18.9 Å². The molecule has 0 saturated carbocycles. The van der Waals surface area contributed by atoms with Gasteiger partial charge in [-0.05, 0) is 0 Å². The molecule has 0 aliphatic rings. The van der Waals surface area contributed by atoms with Gasteiger partial charge in [-0.15, -0.1) is 0 Å². The molecule has 0 amide bonds. The molecule has 0 bridgehead atoms. The van der Waals surface area contributed by atoms with E-state index in [1.807, 2.05) is 0 Å². The summed E-state index contributed by atoms with van der Waals surface area (Å²) in [7, 11) is -1.31. The van der Waals surface area contributed by atoms with E-state index in [0.29, 0.717) is 0 Å². The molecule has 0 nitrogen and oxygen atoms in total. The van der Waals surface area contributed by atoms with Crippen LogP contribution in [0.4, 0.5) is 0 Å². The molecule has 0 radical (unpaired) electrons. The van der Waals surface area contributed by atoms with Gasteiger partial charge in [0.2, 0.25) is 0 Å². The number of benzene rings is 3. The van der Waals surface area contributed by atoms with Crippen molar-refractivity contribution >= 4 is 43.2 Å². The van der Waals surface area contributed by atoms with Crippen molar-refractivity contribution < 1.29 is 0 Å². The first-order valence-corrected chi connectivity index (χ1v) is 8.33. The maximum Gasteiger partial charge on any atom is 0.132 e. The predicted octanol–water partition coefficient (Wildman–Crippen LogP) is 1.29. The van der Waals surface area contributed by atoms with Gasteiger partial charge in [-0.25, -0.2) is 0 Å². The van der Waals surface area contributed by atoms with Crippen LogP contribution in [0.1, 0.15) is 0 Å². The quantitative estimate of drug-likeness (QED) is 0.496. The van der Waals surface area contributed by atoms with Gasteiger partial charge in [0.05, 0.1) is 0 Å². The maximum atomic E-state index is 2.26.